The first kappa shape index (κ1) is 20.4. The Balaban J connectivity index is 1.79. The summed E-state index contributed by atoms with van der Waals surface area (Å²) in [6, 6.07) is 13.8. The molecule has 0 radical (unpaired) electrons. The van der Waals surface area contributed by atoms with Crippen molar-refractivity contribution in [1.82, 2.24) is 0 Å². The normalized spacial score (nSPS) is 10.6. The van der Waals surface area contributed by atoms with Crippen LogP contribution in [-0.2, 0) is 4.79 Å². The summed E-state index contributed by atoms with van der Waals surface area (Å²) in [5.41, 5.74) is 2.24. The molecule has 0 fully saturated rings. The van der Waals surface area contributed by atoms with E-state index in [1.165, 1.54) is 11.0 Å². The summed E-state index contributed by atoms with van der Waals surface area (Å²) in [6.07, 6.45) is 0.188. The summed E-state index contributed by atoms with van der Waals surface area (Å²) < 4.78 is 10.8. The lowest BCUT2D eigenvalue weighted by molar-refractivity contribution is -0.120. The monoisotopic (exact) mass is 410 g/mol. The Bertz CT molecular complexity index is 1160. The van der Waals surface area contributed by atoms with Crippen molar-refractivity contribution in [1.29, 1.82) is 5.26 Å². The van der Waals surface area contributed by atoms with Crippen LogP contribution in [0.4, 0.5) is 5.69 Å². The van der Waals surface area contributed by atoms with Crippen LogP contribution in [0.15, 0.2) is 51.7 Å². The molecule has 2 aromatic carbocycles. The van der Waals surface area contributed by atoms with E-state index >= 15 is 0 Å². The highest BCUT2D eigenvalue weighted by Gasteiger charge is 2.17. The molecule has 0 atom stereocenters. The first-order valence-electron chi connectivity index (χ1n) is 9.00. The topological polar surface area (TPSA) is 83.5 Å². The molecule has 148 valence electrons. The van der Waals surface area contributed by atoms with Gasteiger partial charge in [-0.15, -0.1) is 0 Å². The number of hydrogen-bond acceptors (Lipinski definition) is 5. The zero-order valence-corrected chi connectivity index (χ0v) is 16.8. The van der Waals surface area contributed by atoms with Crippen LogP contribution in [0, 0.1) is 25.2 Å². The van der Waals surface area contributed by atoms with E-state index in [1.54, 1.807) is 36.4 Å². The zero-order chi connectivity index (χ0) is 21.0. The fraction of sp³-hybridized carbons (Fsp3) is 0.227. The van der Waals surface area contributed by atoms with Crippen LogP contribution < -0.4 is 15.3 Å². The maximum Gasteiger partial charge on any atom is 0.336 e. The van der Waals surface area contributed by atoms with Gasteiger partial charge in [0.1, 0.15) is 11.3 Å². The van der Waals surface area contributed by atoms with Gasteiger partial charge >= 0.3 is 5.63 Å². The van der Waals surface area contributed by atoms with Gasteiger partial charge in [0.15, 0.2) is 6.61 Å². The van der Waals surface area contributed by atoms with Gasteiger partial charge in [-0.3, -0.25) is 4.79 Å². The fourth-order valence-electron chi connectivity index (χ4n) is 2.97. The highest BCUT2D eigenvalue weighted by molar-refractivity contribution is 6.31. The molecule has 29 heavy (non-hydrogen) atoms. The lowest BCUT2D eigenvalue weighted by atomic mass is 10.1. The van der Waals surface area contributed by atoms with E-state index in [2.05, 4.69) is 6.07 Å². The molecule has 0 aliphatic carbocycles. The van der Waals surface area contributed by atoms with Crippen LogP contribution in [0.3, 0.4) is 0 Å². The molecule has 1 amide bonds. The molecule has 3 aromatic rings. The zero-order valence-electron chi connectivity index (χ0n) is 16.1. The third-order valence-corrected chi connectivity index (χ3v) is 4.91. The van der Waals surface area contributed by atoms with Crippen molar-refractivity contribution in [2.75, 3.05) is 18.1 Å². The molecule has 7 heteroatoms. The smallest absolute Gasteiger partial charge is 0.336 e. The van der Waals surface area contributed by atoms with Gasteiger partial charge in [-0.2, -0.15) is 5.26 Å². The fourth-order valence-corrected chi connectivity index (χ4v) is 3.09. The second kappa shape index (κ2) is 8.80. The number of hydrogen-bond donors (Lipinski definition) is 0. The third kappa shape index (κ3) is 4.76. The van der Waals surface area contributed by atoms with Gasteiger partial charge in [0.05, 0.1) is 12.5 Å². The molecule has 6 nitrogen and oxygen atoms in total. The highest BCUT2D eigenvalue weighted by atomic mass is 35.5. The number of amides is 1. The lowest BCUT2D eigenvalue weighted by Crippen LogP contribution is -2.35. The number of halogens is 1. The molecule has 0 bridgehead atoms. The van der Waals surface area contributed by atoms with Crippen molar-refractivity contribution in [3.63, 3.8) is 0 Å². The van der Waals surface area contributed by atoms with Crippen LogP contribution >= 0.6 is 11.6 Å². The van der Waals surface area contributed by atoms with E-state index in [9.17, 15) is 9.59 Å². The predicted molar refractivity (Wildman–Crippen MR) is 111 cm³/mol. The van der Waals surface area contributed by atoms with E-state index in [-0.39, 0.29) is 25.5 Å². The Morgan fingerprint density at radius 1 is 1.17 bits per heavy atom. The van der Waals surface area contributed by atoms with Crippen molar-refractivity contribution >= 4 is 34.2 Å². The van der Waals surface area contributed by atoms with Crippen LogP contribution in [0.2, 0.25) is 5.02 Å². The molecule has 3 rings (SSSR count). The van der Waals surface area contributed by atoms with E-state index in [0.717, 1.165) is 16.5 Å². The van der Waals surface area contributed by atoms with E-state index in [4.69, 9.17) is 26.0 Å². The molecular weight excluding hydrogens is 392 g/mol. The minimum absolute atomic E-state index is 0.188. The number of aryl methyl sites for hydroxylation is 2. The minimum Gasteiger partial charge on any atom is -0.484 e. The van der Waals surface area contributed by atoms with Crippen LogP contribution in [0.5, 0.6) is 5.75 Å². The standard InChI is InChI=1S/C22H19ClN2O4/c1-14-11-22(27)29-20-12-17(5-6-18(14)20)28-13-21(26)25(9-3-8-24)16-4-7-19(23)15(2)10-16/h4-7,10-12H,3,9,13H2,1-2H3. The SMILES string of the molecule is Cc1cc(N(CCC#N)C(=O)COc2ccc3c(C)cc(=O)oc3c2)ccc1Cl. The Hall–Kier alpha value is -3.30. The van der Waals surface area contributed by atoms with E-state index < -0.39 is 5.63 Å². The first-order chi connectivity index (χ1) is 13.9. The number of rotatable bonds is 6. The maximum atomic E-state index is 12.8. The van der Waals surface area contributed by atoms with Crippen molar-refractivity contribution in [3.05, 3.63) is 69.0 Å². The summed E-state index contributed by atoms with van der Waals surface area (Å²) >= 11 is 6.07. The predicted octanol–water partition coefficient (Wildman–Crippen LogP) is 4.39. The van der Waals surface area contributed by atoms with Gasteiger partial charge in [-0.1, -0.05) is 11.6 Å². The average Bonchev–Trinajstić information content (AvgIpc) is 2.68. The van der Waals surface area contributed by atoms with Crippen molar-refractivity contribution in [2.45, 2.75) is 20.3 Å². The molecule has 0 unspecified atom stereocenters. The molecule has 0 aliphatic rings. The van der Waals surface area contributed by atoms with Crippen LogP contribution in [0.25, 0.3) is 11.0 Å². The lowest BCUT2D eigenvalue weighted by Gasteiger charge is -2.22. The van der Waals surface area contributed by atoms with Crippen LogP contribution in [-0.4, -0.2) is 19.1 Å². The number of ether oxygens (including phenoxy) is 1. The van der Waals surface area contributed by atoms with E-state index in [0.29, 0.717) is 22.0 Å². The number of benzene rings is 2. The minimum atomic E-state index is -0.441. The van der Waals surface area contributed by atoms with Crippen molar-refractivity contribution < 1.29 is 13.9 Å². The second-order valence-electron chi connectivity index (χ2n) is 6.58. The van der Waals surface area contributed by atoms with Crippen molar-refractivity contribution in [2.24, 2.45) is 0 Å². The summed E-state index contributed by atoms with van der Waals surface area (Å²) in [5, 5.41) is 10.3. The number of carbonyl (C=O) groups excluding carboxylic acids is 1. The van der Waals surface area contributed by atoms with Gasteiger partial charge in [0.25, 0.3) is 5.91 Å². The van der Waals surface area contributed by atoms with Gasteiger partial charge in [0, 0.05) is 34.8 Å². The number of carbonyl (C=O) groups is 1. The summed E-state index contributed by atoms with van der Waals surface area (Å²) in [5.74, 6) is 0.111. The van der Waals surface area contributed by atoms with E-state index in [1.807, 2.05) is 13.8 Å². The first-order valence-corrected chi connectivity index (χ1v) is 9.37. The molecule has 0 saturated carbocycles. The average molecular weight is 411 g/mol. The molecule has 0 aliphatic heterocycles. The number of fused-ring (bicyclic) bond motifs is 1. The quantitative estimate of drug-likeness (QED) is 0.563. The van der Waals surface area contributed by atoms with Crippen LogP contribution in [0.1, 0.15) is 17.5 Å². The van der Waals surface area contributed by atoms with Gasteiger partial charge in [-0.25, -0.2) is 4.79 Å². The Morgan fingerprint density at radius 3 is 2.69 bits per heavy atom. The van der Waals surface area contributed by atoms with Gasteiger partial charge in [-0.05, 0) is 55.3 Å². The Morgan fingerprint density at radius 2 is 1.97 bits per heavy atom. The molecular formula is C22H19ClN2O4. The number of nitrogens with zero attached hydrogens (tertiary/aromatic N) is 2. The maximum absolute atomic E-state index is 12.8. The van der Waals surface area contributed by atoms with Gasteiger partial charge in [0.2, 0.25) is 0 Å². The van der Waals surface area contributed by atoms with Crippen molar-refractivity contribution in [3.8, 4) is 11.8 Å². The molecule has 0 N–H and O–H groups in total. The van der Waals surface area contributed by atoms with Gasteiger partial charge < -0.3 is 14.1 Å². The molecule has 1 heterocycles. The molecule has 0 saturated heterocycles. The second-order valence-corrected chi connectivity index (χ2v) is 6.99. The molecule has 1 aromatic heterocycles. The summed E-state index contributed by atoms with van der Waals surface area (Å²) in [7, 11) is 0. The number of nitriles is 1. The summed E-state index contributed by atoms with van der Waals surface area (Å²) in [6.45, 7) is 3.69. The largest absolute Gasteiger partial charge is 0.484 e. The Labute approximate surface area is 172 Å². The number of anilines is 1. The summed E-state index contributed by atoms with van der Waals surface area (Å²) in [4.78, 5) is 25.8. The molecule has 0 spiro atoms. The highest BCUT2D eigenvalue weighted by Crippen LogP contribution is 2.24. The third-order valence-electron chi connectivity index (χ3n) is 4.49. The Kier molecular flexibility index (Phi) is 6.20.